The summed E-state index contributed by atoms with van der Waals surface area (Å²) >= 11 is 7.10. The fraction of sp³-hybridized carbons (Fsp3) is 0.100. The second-order valence-corrected chi connectivity index (χ2v) is 10.6. The summed E-state index contributed by atoms with van der Waals surface area (Å²) < 4.78 is 9.56. The molecule has 6 nitrogen and oxygen atoms in total. The van der Waals surface area contributed by atoms with Crippen molar-refractivity contribution in [1.82, 2.24) is 9.66 Å². The number of benzene rings is 4. The Morgan fingerprint density at radius 3 is 2.47 bits per heavy atom. The standard InChI is InChI=1S/C30H24Br2N4O2/c1-35(2)24-15-13-21(28(17-24)38-19-22-12-14-23(31)16-26(22)32)18-33-36-29(20-8-4-3-5-9-20)34-27-11-7-6-10-25(27)30(36)37/h3-18H,19H2,1-2H3. The largest absolute Gasteiger partial charge is 0.488 e. The molecule has 0 spiro atoms. The number of anilines is 1. The molecular weight excluding hydrogens is 608 g/mol. The summed E-state index contributed by atoms with van der Waals surface area (Å²) in [6, 6.07) is 28.7. The molecular formula is C30H24Br2N4O2. The lowest BCUT2D eigenvalue weighted by Crippen LogP contribution is -2.20. The van der Waals surface area contributed by atoms with Gasteiger partial charge in [0.05, 0.1) is 17.1 Å². The summed E-state index contributed by atoms with van der Waals surface area (Å²) in [5.41, 5.74) is 3.92. The third-order valence-electron chi connectivity index (χ3n) is 6.01. The topological polar surface area (TPSA) is 59.7 Å². The molecule has 5 rings (SSSR count). The number of halogens is 2. The van der Waals surface area contributed by atoms with Gasteiger partial charge in [0.25, 0.3) is 5.56 Å². The normalized spacial score (nSPS) is 11.3. The van der Waals surface area contributed by atoms with Crippen LogP contribution in [0.4, 0.5) is 5.69 Å². The van der Waals surface area contributed by atoms with Crippen LogP contribution in [-0.4, -0.2) is 30.0 Å². The molecule has 38 heavy (non-hydrogen) atoms. The van der Waals surface area contributed by atoms with Gasteiger partial charge in [0.15, 0.2) is 5.82 Å². The molecule has 0 aliphatic carbocycles. The highest BCUT2D eigenvalue weighted by Crippen LogP contribution is 2.28. The van der Waals surface area contributed by atoms with E-state index in [0.29, 0.717) is 29.1 Å². The van der Waals surface area contributed by atoms with Gasteiger partial charge in [-0.15, -0.1) is 0 Å². The second kappa shape index (κ2) is 11.3. The summed E-state index contributed by atoms with van der Waals surface area (Å²) in [6.07, 6.45) is 1.65. The molecule has 0 aliphatic rings. The van der Waals surface area contributed by atoms with Crippen molar-refractivity contribution in [3.8, 4) is 17.1 Å². The number of para-hydroxylation sites is 1. The zero-order chi connectivity index (χ0) is 26.6. The highest BCUT2D eigenvalue weighted by atomic mass is 79.9. The van der Waals surface area contributed by atoms with Gasteiger partial charge in [-0.05, 0) is 36.4 Å². The summed E-state index contributed by atoms with van der Waals surface area (Å²) in [5.74, 6) is 1.12. The van der Waals surface area contributed by atoms with Crippen molar-refractivity contribution in [2.24, 2.45) is 5.10 Å². The van der Waals surface area contributed by atoms with Crippen LogP contribution in [0.3, 0.4) is 0 Å². The van der Waals surface area contributed by atoms with Gasteiger partial charge in [-0.2, -0.15) is 9.78 Å². The Bertz CT molecular complexity index is 1700. The lowest BCUT2D eigenvalue weighted by molar-refractivity contribution is 0.305. The van der Waals surface area contributed by atoms with Crippen LogP contribution in [0.5, 0.6) is 5.75 Å². The molecule has 190 valence electrons. The third-order valence-corrected chi connectivity index (χ3v) is 7.24. The third kappa shape index (κ3) is 5.56. The number of fused-ring (bicyclic) bond motifs is 1. The molecule has 0 saturated heterocycles. The highest BCUT2D eigenvalue weighted by molar-refractivity contribution is 9.11. The van der Waals surface area contributed by atoms with E-state index >= 15 is 0 Å². The Labute approximate surface area is 237 Å². The van der Waals surface area contributed by atoms with Crippen LogP contribution in [0.2, 0.25) is 0 Å². The van der Waals surface area contributed by atoms with E-state index in [0.717, 1.165) is 31.3 Å². The van der Waals surface area contributed by atoms with Crippen LogP contribution in [0.1, 0.15) is 11.1 Å². The van der Waals surface area contributed by atoms with Crippen LogP contribution in [0.15, 0.2) is 110 Å². The fourth-order valence-corrected chi connectivity index (χ4v) is 5.11. The molecule has 1 heterocycles. The number of rotatable bonds is 7. The van der Waals surface area contributed by atoms with E-state index in [1.54, 1.807) is 12.3 Å². The maximum atomic E-state index is 13.5. The van der Waals surface area contributed by atoms with Crippen molar-refractivity contribution in [2.75, 3.05) is 19.0 Å². The average Bonchev–Trinajstić information content (AvgIpc) is 2.92. The molecule has 0 atom stereocenters. The minimum Gasteiger partial charge on any atom is -0.488 e. The summed E-state index contributed by atoms with van der Waals surface area (Å²) in [4.78, 5) is 20.3. The number of hydrogen-bond donors (Lipinski definition) is 0. The van der Waals surface area contributed by atoms with E-state index in [1.165, 1.54) is 4.68 Å². The van der Waals surface area contributed by atoms with Crippen molar-refractivity contribution in [2.45, 2.75) is 6.61 Å². The van der Waals surface area contributed by atoms with Gasteiger partial charge in [-0.1, -0.05) is 80.4 Å². The van der Waals surface area contributed by atoms with E-state index in [9.17, 15) is 4.79 Å². The van der Waals surface area contributed by atoms with Crippen LogP contribution in [-0.2, 0) is 6.61 Å². The summed E-state index contributed by atoms with van der Waals surface area (Å²) in [7, 11) is 3.95. The van der Waals surface area contributed by atoms with Crippen LogP contribution in [0.25, 0.3) is 22.3 Å². The molecule has 1 aromatic heterocycles. The van der Waals surface area contributed by atoms with Gasteiger partial charge in [-0.25, -0.2) is 4.98 Å². The van der Waals surface area contributed by atoms with Crippen molar-refractivity contribution in [3.63, 3.8) is 0 Å². The summed E-state index contributed by atoms with van der Waals surface area (Å²) in [5, 5.41) is 5.13. The first-order valence-electron chi connectivity index (χ1n) is 11.9. The van der Waals surface area contributed by atoms with Gasteiger partial charge in [0, 0.05) is 51.5 Å². The number of hydrogen-bond acceptors (Lipinski definition) is 5. The van der Waals surface area contributed by atoms with Crippen molar-refractivity contribution >= 4 is 54.7 Å². The lowest BCUT2D eigenvalue weighted by Gasteiger charge is -2.16. The van der Waals surface area contributed by atoms with Gasteiger partial charge < -0.3 is 9.64 Å². The first-order chi connectivity index (χ1) is 18.4. The minimum atomic E-state index is -0.239. The average molecular weight is 632 g/mol. The first-order valence-corrected chi connectivity index (χ1v) is 13.5. The van der Waals surface area contributed by atoms with Crippen molar-refractivity contribution in [1.29, 1.82) is 0 Å². The Morgan fingerprint density at radius 1 is 0.947 bits per heavy atom. The van der Waals surface area contributed by atoms with Crippen LogP contribution >= 0.6 is 31.9 Å². The molecule has 0 amide bonds. The van der Waals surface area contributed by atoms with E-state index in [2.05, 4.69) is 37.0 Å². The lowest BCUT2D eigenvalue weighted by atomic mass is 10.1. The highest BCUT2D eigenvalue weighted by Gasteiger charge is 2.13. The van der Waals surface area contributed by atoms with E-state index in [-0.39, 0.29) is 5.56 Å². The molecule has 0 fully saturated rings. The van der Waals surface area contributed by atoms with E-state index in [1.807, 2.05) is 104 Å². The predicted octanol–water partition coefficient (Wildman–Crippen LogP) is 7.12. The Morgan fingerprint density at radius 2 is 1.71 bits per heavy atom. The zero-order valence-electron chi connectivity index (χ0n) is 20.8. The predicted molar refractivity (Wildman–Crippen MR) is 161 cm³/mol. The van der Waals surface area contributed by atoms with Gasteiger partial charge in [0.2, 0.25) is 0 Å². The van der Waals surface area contributed by atoms with Crippen LogP contribution in [0, 0.1) is 0 Å². The maximum Gasteiger partial charge on any atom is 0.282 e. The zero-order valence-corrected chi connectivity index (χ0v) is 24.0. The molecule has 8 heteroatoms. The fourth-order valence-electron chi connectivity index (χ4n) is 3.95. The Kier molecular flexibility index (Phi) is 7.72. The Balaban J connectivity index is 1.58. The molecule has 0 bridgehead atoms. The molecule has 4 aromatic carbocycles. The molecule has 0 radical (unpaired) electrons. The van der Waals surface area contributed by atoms with E-state index < -0.39 is 0 Å². The maximum absolute atomic E-state index is 13.5. The van der Waals surface area contributed by atoms with Gasteiger partial charge >= 0.3 is 0 Å². The molecule has 0 saturated carbocycles. The molecule has 0 N–H and O–H groups in total. The number of ether oxygens (including phenoxy) is 1. The Hall–Kier alpha value is -3.75. The quantitative estimate of drug-likeness (QED) is 0.180. The van der Waals surface area contributed by atoms with Crippen molar-refractivity contribution < 1.29 is 4.74 Å². The molecule has 5 aromatic rings. The molecule has 0 unspecified atom stereocenters. The van der Waals surface area contributed by atoms with Crippen LogP contribution < -0.4 is 15.2 Å². The number of nitrogens with zero attached hydrogens (tertiary/aromatic N) is 4. The van der Waals surface area contributed by atoms with E-state index in [4.69, 9.17) is 9.72 Å². The minimum absolute atomic E-state index is 0.239. The first kappa shape index (κ1) is 25.9. The second-order valence-electron chi connectivity index (χ2n) is 8.82. The summed E-state index contributed by atoms with van der Waals surface area (Å²) in [6.45, 7) is 0.359. The SMILES string of the molecule is CN(C)c1ccc(C=Nn2c(-c3ccccc3)nc3ccccc3c2=O)c(OCc2ccc(Br)cc2Br)c1. The molecule has 0 aliphatic heterocycles. The number of aromatic nitrogens is 2. The van der Waals surface area contributed by atoms with Gasteiger partial charge in [0.1, 0.15) is 12.4 Å². The monoisotopic (exact) mass is 630 g/mol. The van der Waals surface area contributed by atoms with Gasteiger partial charge in [-0.3, -0.25) is 4.79 Å². The van der Waals surface area contributed by atoms with Crippen molar-refractivity contribution in [3.05, 3.63) is 121 Å². The smallest absolute Gasteiger partial charge is 0.282 e.